The Morgan fingerprint density at radius 2 is 1.59 bits per heavy atom. The van der Waals surface area contributed by atoms with Gasteiger partial charge in [0.25, 0.3) is 5.95 Å². The zero-order valence-electron chi connectivity index (χ0n) is 9.51. The maximum absolute atomic E-state index is 5.32. The van der Waals surface area contributed by atoms with E-state index in [-0.39, 0.29) is 0 Å². The SMILES string of the molecule is COc1occc2c(-c3ccccc3)ccc1-2. The van der Waals surface area contributed by atoms with Gasteiger partial charge in [-0.2, -0.15) is 0 Å². The van der Waals surface area contributed by atoms with E-state index in [9.17, 15) is 0 Å². The molecule has 1 aliphatic carbocycles. The highest BCUT2D eigenvalue weighted by Gasteiger charge is 2.16. The zero-order chi connectivity index (χ0) is 11.7. The molecule has 1 heterocycles. The highest BCUT2D eigenvalue weighted by molar-refractivity contribution is 5.88. The molecule has 0 spiro atoms. The van der Waals surface area contributed by atoms with Crippen molar-refractivity contribution in [1.82, 2.24) is 0 Å². The van der Waals surface area contributed by atoms with Gasteiger partial charge < -0.3 is 9.15 Å². The monoisotopic (exact) mass is 224 g/mol. The van der Waals surface area contributed by atoms with Crippen LogP contribution in [0.5, 0.6) is 5.95 Å². The van der Waals surface area contributed by atoms with Crippen molar-refractivity contribution in [2.45, 2.75) is 0 Å². The molecule has 2 aliphatic rings. The van der Waals surface area contributed by atoms with Gasteiger partial charge in [-0.3, -0.25) is 0 Å². The summed E-state index contributed by atoms with van der Waals surface area (Å²) in [5.74, 6) is 0.560. The molecule has 0 bridgehead atoms. The summed E-state index contributed by atoms with van der Waals surface area (Å²) in [4.78, 5) is 0. The molecule has 0 amide bonds. The van der Waals surface area contributed by atoms with Gasteiger partial charge in [-0.25, -0.2) is 0 Å². The summed E-state index contributed by atoms with van der Waals surface area (Å²) < 4.78 is 10.5. The van der Waals surface area contributed by atoms with E-state index in [0.717, 1.165) is 11.1 Å². The van der Waals surface area contributed by atoms with Gasteiger partial charge in [-0.15, -0.1) is 0 Å². The Kier molecular flexibility index (Phi) is 2.33. The lowest BCUT2D eigenvalue weighted by molar-refractivity contribution is 0.299. The minimum atomic E-state index is 0.560. The molecule has 1 aromatic carbocycles. The van der Waals surface area contributed by atoms with E-state index in [2.05, 4.69) is 18.2 Å². The molecular weight excluding hydrogens is 212 g/mol. The summed E-state index contributed by atoms with van der Waals surface area (Å²) in [6, 6.07) is 16.4. The number of ether oxygens (including phenoxy) is 1. The van der Waals surface area contributed by atoms with E-state index in [0.29, 0.717) is 5.95 Å². The molecule has 0 aromatic heterocycles. The molecule has 0 N–H and O–H groups in total. The van der Waals surface area contributed by atoms with E-state index in [4.69, 9.17) is 9.15 Å². The average molecular weight is 224 g/mol. The second kappa shape index (κ2) is 3.98. The van der Waals surface area contributed by atoms with Crippen LogP contribution in [0.25, 0.3) is 22.3 Å². The van der Waals surface area contributed by atoms with Crippen LogP contribution in [0.1, 0.15) is 0 Å². The number of benzene rings is 1. The third-order valence-corrected chi connectivity index (χ3v) is 2.90. The van der Waals surface area contributed by atoms with Crippen LogP contribution in [0.15, 0.2) is 59.2 Å². The van der Waals surface area contributed by atoms with Crippen molar-refractivity contribution in [2.24, 2.45) is 0 Å². The predicted molar refractivity (Wildman–Crippen MR) is 67.3 cm³/mol. The van der Waals surface area contributed by atoms with E-state index >= 15 is 0 Å². The maximum Gasteiger partial charge on any atom is 0.292 e. The molecule has 0 unspecified atom stereocenters. The fourth-order valence-corrected chi connectivity index (χ4v) is 2.10. The van der Waals surface area contributed by atoms with Crippen LogP contribution in [-0.2, 0) is 0 Å². The maximum atomic E-state index is 5.32. The zero-order valence-corrected chi connectivity index (χ0v) is 9.51. The minimum Gasteiger partial charge on any atom is -0.468 e. The van der Waals surface area contributed by atoms with Gasteiger partial charge in [-0.1, -0.05) is 36.4 Å². The molecule has 1 aromatic rings. The van der Waals surface area contributed by atoms with Crippen molar-refractivity contribution in [3.05, 3.63) is 54.8 Å². The fraction of sp³-hybridized carbons (Fsp3) is 0.0667. The largest absolute Gasteiger partial charge is 0.468 e. The molecular formula is C15H12O2. The lowest BCUT2D eigenvalue weighted by Crippen LogP contribution is -1.86. The minimum absolute atomic E-state index is 0.560. The summed E-state index contributed by atoms with van der Waals surface area (Å²) in [6.07, 6.45) is 1.66. The normalized spacial score (nSPS) is 10.6. The highest BCUT2D eigenvalue weighted by Crippen LogP contribution is 2.40. The fourth-order valence-electron chi connectivity index (χ4n) is 2.10. The molecule has 2 heteroatoms. The summed E-state index contributed by atoms with van der Waals surface area (Å²) in [5.41, 5.74) is 4.57. The Labute approximate surface area is 99.8 Å². The Hall–Kier alpha value is -2.22. The van der Waals surface area contributed by atoms with Crippen molar-refractivity contribution in [2.75, 3.05) is 7.11 Å². The number of fused-ring (bicyclic) bond motifs is 1. The Morgan fingerprint density at radius 3 is 2.35 bits per heavy atom. The smallest absolute Gasteiger partial charge is 0.292 e. The number of methoxy groups -OCH3 is 1. The summed E-state index contributed by atoms with van der Waals surface area (Å²) >= 11 is 0. The van der Waals surface area contributed by atoms with Crippen LogP contribution < -0.4 is 4.74 Å². The van der Waals surface area contributed by atoms with Crippen LogP contribution in [0, 0.1) is 0 Å². The van der Waals surface area contributed by atoms with Crippen molar-refractivity contribution in [3.8, 4) is 28.2 Å². The van der Waals surface area contributed by atoms with Gasteiger partial charge in [-0.05, 0) is 28.8 Å². The van der Waals surface area contributed by atoms with Gasteiger partial charge in [0, 0.05) is 0 Å². The predicted octanol–water partition coefficient (Wildman–Crippen LogP) is 4.06. The molecule has 84 valence electrons. The first-order chi connectivity index (χ1) is 8.40. The van der Waals surface area contributed by atoms with Gasteiger partial charge in [0.1, 0.15) is 0 Å². The van der Waals surface area contributed by atoms with Gasteiger partial charge in [0.05, 0.1) is 18.9 Å². The molecule has 0 saturated carbocycles. The van der Waals surface area contributed by atoms with E-state index in [1.54, 1.807) is 13.4 Å². The number of rotatable bonds is 2. The van der Waals surface area contributed by atoms with Crippen molar-refractivity contribution in [1.29, 1.82) is 0 Å². The molecule has 17 heavy (non-hydrogen) atoms. The number of hydrogen-bond donors (Lipinski definition) is 0. The van der Waals surface area contributed by atoms with Crippen LogP contribution in [0.3, 0.4) is 0 Å². The molecule has 0 saturated heterocycles. The Morgan fingerprint density at radius 1 is 0.824 bits per heavy atom. The molecule has 2 nitrogen and oxygen atoms in total. The molecule has 0 radical (unpaired) electrons. The second-order valence-corrected chi connectivity index (χ2v) is 3.85. The van der Waals surface area contributed by atoms with Crippen LogP contribution in [0.2, 0.25) is 0 Å². The first kappa shape index (κ1) is 9.97. The third kappa shape index (κ3) is 1.58. The van der Waals surface area contributed by atoms with Crippen LogP contribution in [-0.4, -0.2) is 7.11 Å². The third-order valence-electron chi connectivity index (χ3n) is 2.90. The lowest BCUT2D eigenvalue weighted by atomic mass is 10.0. The summed E-state index contributed by atoms with van der Waals surface area (Å²) in [6.45, 7) is 0. The molecule has 1 aliphatic heterocycles. The van der Waals surface area contributed by atoms with Gasteiger partial charge >= 0.3 is 0 Å². The van der Waals surface area contributed by atoms with E-state index in [1.807, 2.05) is 30.3 Å². The van der Waals surface area contributed by atoms with Crippen molar-refractivity contribution in [3.63, 3.8) is 0 Å². The van der Waals surface area contributed by atoms with Crippen molar-refractivity contribution >= 4 is 0 Å². The van der Waals surface area contributed by atoms with Crippen molar-refractivity contribution < 1.29 is 9.15 Å². The first-order valence-corrected chi connectivity index (χ1v) is 5.50. The second-order valence-electron chi connectivity index (χ2n) is 3.85. The van der Waals surface area contributed by atoms with E-state index < -0.39 is 0 Å². The lowest BCUT2D eigenvalue weighted by Gasteiger charge is -2.07. The molecule has 0 atom stereocenters. The van der Waals surface area contributed by atoms with Crippen LogP contribution >= 0.6 is 0 Å². The van der Waals surface area contributed by atoms with Gasteiger partial charge in [0.2, 0.25) is 0 Å². The summed E-state index contributed by atoms with van der Waals surface area (Å²) in [7, 11) is 1.62. The quantitative estimate of drug-likeness (QED) is 0.655. The average Bonchev–Trinajstić information content (AvgIpc) is 2.83. The number of hydrogen-bond acceptors (Lipinski definition) is 2. The Balaban J connectivity index is 2.18. The standard InChI is InChI=1S/C15H12O2/c1-16-15-14-8-7-12(13(14)9-10-17-15)11-5-3-2-4-6-11/h2-10H,1H3. The Bertz CT molecular complexity index is 596. The molecule has 3 rings (SSSR count). The summed E-state index contributed by atoms with van der Waals surface area (Å²) in [5, 5.41) is 0. The van der Waals surface area contributed by atoms with Crippen LogP contribution in [0.4, 0.5) is 0 Å². The molecule has 0 fully saturated rings. The van der Waals surface area contributed by atoms with E-state index in [1.165, 1.54) is 11.1 Å². The highest BCUT2D eigenvalue weighted by atomic mass is 16.6. The topological polar surface area (TPSA) is 22.4 Å². The first-order valence-electron chi connectivity index (χ1n) is 5.50. The van der Waals surface area contributed by atoms with Gasteiger partial charge in [0.15, 0.2) is 0 Å².